The molecule has 0 fully saturated rings. The monoisotopic (exact) mass is 343 g/mol. The Labute approximate surface area is 148 Å². The van der Waals surface area contributed by atoms with Gasteiger partial charge in [-0.2, -0.15) is 4.98 Å². The number of nitrogens with zero attached hydrogens (tertiary/aromatic N) is 2. The van der Waals surface area contributed by atoms with Crippen LogP contribution < -0.4 is 5.73 Å². The molecule has 0 aliphatic rings. The highest BCUT2D eigenvalue weighted by Crippen LogP contribution is 2.28. The normalized spacial score (nSPS) is 11.1. The van der Waals surface area contributed by atoms with Crippen molar-refractivity contribution in [2.75, 3.05) is 0 Å². The Kier molecular flexibility index (Phi) is 5.75. The van der Waals surface area contributed by atoms with E-state index >= 15 is 0 Å². The average molecular weight is 344 g/mol. The van der Waals surface area contributed by atoms with Crippen LogP contribution in [0, 0.1) is 0 Å². The van der Waals surface area contributed by atoms with E-state index in [9.17, 15) is 0 Å². The van der Waals surface area contributed by atoms with Crippen molar-refractivity contribution in [3.05, 3.63) is 71.6 Å². The van der Waals surface area contributed by atoms with Crippen molar-refractivity contribution in [3.8, 4) is 11.4 Å². The van der Waals surface area contributed by atoms with Gasteiger partial charge in [0.2, 0.25) is 11.7 Å². The van der Waals surface area contributed by atoms with E-state index < -0.39 is 0 Å². The molecule has 1 heterocycles. The third-order valence-corrected chi connectivity index (χ3v) is 3.94. The van der Waals surface area contributed by atoms with E-state index in [2.05, 4.69) is 36.1 Å². The van der Waals surface area contributed by atoms with Crippen LogP contribution in [0.5, 0.6) is 0 Å². The molecule has 0 spiro atoms. The largest absolute Gasteiger partial charge is 0.338 e. The lowest BCUT2D eigenvalue weighted by Gasteiger charge is -2.19. The van der Waals surface area contributed by atoms with Gasteiger partial charge < -0.3 is 10.3 Å². The lowest BCUT2D eigenvalue weighted by atomic mass is 9.85. The number of nitrogens with two attached hydrogens (primary N) is 1. The molecule has 3 rings (SSSR count). The molecule has 2 aromatic carbocycles. The molecule has 3 aromatic rings. The summed E-state index contributed by atoms with van der Waals surface area (Å²) in [5, 5.41) is 4.13. The molecule has 5 heteroatoms. The molecule has 0 radical (unpaired) electrons. The summed E-state index contributed by atoms with van der Waals surface area (Å²) in [4.78, 5) is 4.59. The van der Waals surface area contributed by atoms with Crippen LogP contribution in [0.1, 0.15) is 30.9 Å². The molecule has 0 unspecified atom stereocenters. The Morgan fingerprint density at radius 2 is 1.62 bits per heavy atom. The minimum Gasteiger partial charge on any atom is -0.338 e. The van der Waals surface area contributed by atoms with Crippen molar-refractivity contribution in [3.63, 3.8) is 0 Å². The molecular weight excluding hydrogens is 322 g/mol. The molecule has 24 heavy (non-hydrogen) atoms. The first-order valence-electron chi connectivity index (χ1n) is 7.76. The van der Waals surface area contributed by atoms with E-state index in [0.717, 1.165) is 17.5 Å². The number of hydrogen-bond donors (Lipinski definition) is 1. The van der Waals surface area contributed by atoms with Crippen LogP contribution in [0.3, 0.4) is 0 Å². The molecule has 0 amide bonds. The smallest absolute Gasteiger partial charge is 0.232 e. The molecule has 0 aliphatic heterocycles. The van der Waals surface area contributed by atoms with Crippen LogP contribution in [0.25, 0.3) is 11.4 Å². The van der Waals surface area contributed by atoms with Gasteiger partial charge in [0.15, 0.2) is 0 Å². The second-order valence-corrected chi connectivity index (χ2v) is 6.37. The summed E-state index contributed by atoms with van der Waals surface area (Å²) in [7, 11) is 0. The summed E-state index contributed by atoms with van der Waals surface area (Å²) in [6.07, 6.45) is 0.849. The van der Waals surface area contributed by atoms with Gasteiger partial charge in [0, 0.05) is 17.5 Å². The number of aromatic nitrogens is 2. The lowest BCUT2D eigenvalue weighted by Crippen LogP contribution is -2.21. The standard InChI is InChI=1S/C19H21N3O.ClH/c1-19(2,12-14-6-4-3-5-7-14)18-21-17(22-23-18)16-10-8-15(13-20)9-11-16;/h3-11H,12-13,20H2,1-2H3;1H. The van der Waals surface area contributed by atoms with Gasteiger partial charge in [0.1, 0.15) is 0 Å². The van der Waals surface area contributed by atoms with E-state index in [1.54, 1.807) is 0 Å². The van der Waals surface area contributed by atoms with Crippen LogP contribution in [-0.4, -0.2) is 10.1 Å². The van der Waals surface area contributed by atoms with Crippen molar-refractivity contribution in [2.45, 2.75) is 32.2 Å². The van der Waals surface area contributed by atoms with Gasteiger partial charge in [-0.1, -0.05) is 73.6 Å². The topological polar surface area (TPSA) is 64.9 Å². The predicted molar refractivity (Wildman–Crippen MR) is 98.0 cm³/mol. The third kappa shape index (κ3) is 4.02. The first-order chi connectivity index (χ1) is 11.1. The zero-order valence-corrected chi connectivity index (χ0v) is 14.7. The molecule has 2 N–H and O–H groups in total. The van der Waals surface area contributed by atoms with Gasteiger partial charge in [-0.3, -0.25) is 0 Å². The second-order valence-electron chi connectivity index (χ2n) is 6.37. The van der Waals surface area contributed by atoms with Crippen molar-refractivity contribution < 1.29 is 4.52 Å². The summed E-state index contributed by atoms with van der Waals surface area (Å²) in [6, 6.07) is 18.3. The Hall–Kier alpha value is -2.17. The van der Waals surface area contributed by atoms with Gasteiger partial charge in [-0.15, -0.1) is 12.4 Å². The van der Waals surface area contributed by atoms with Crippen molar-refractivity contribution in [1.82, 2.24) is 10.1 Å². The fourth-order valence-corrected chi connectivity index (χ4v) is 2.59. The van der Waals surface area contributed by atoms with Crippen molar-refractivity contribution >= 4 is 12.4 Å². The Morgan fingerprint density at radius 3 is 2.25 bits per heavy atom. The van der Waals surface area contributed by atoms with Crippen LogP contribution in [0.4, 0.5) is 0 Å². The van der Waals surface area contributed by atoms with Crippen LogP contribution >= 0.6 is 12.4 Å². The lowest BCUT2D eigenvalue weighted by molar-refractivity contribution is 0.306. The fourth-order valence-electron chi connectivity index (χ4n) is 2.59. The summed E-state index contributed by atoms with van der Waals surface area (Å²) in [5.41, 5.74) is 8.68. The van der Waals surface area contributed by atoms with Crippen molar-refractivity contribution in [2.24, 2.45) is 5.73 Å². The Balaban J connectivity index is 0.00000208. The number of halogens is 1. The van der Waals surface area contributed by atoms with E-state index in [0.29, 0.717) is 18.3 Å². The minimum absolute atomic E-state index is 0. The maximum absolute atomic E-state index is 5.62. The predicted octanol–water partition coefficient (Wildman–Crippen LogP) is 4.14. The van der Waals surface area contributed by atoms with E-state index in [1.807, 2.05) is 42.5 Å². The third-order valence-electron chi connectivity index (χ3n) is 3.94. The van der Waals surface area contributed by atoms with Gasteiger partial charge >= 0.3 is 0 Å². The second kappa shape index (κ2) is 7.60. The van der Waals surface area contributed by atoms with Gasteiger partial charge in [0.25, 0.3) is 0 Å². The minimum atomic E-state index is -0.218. The summed E-state index contributed by atoms with van der Waals surface area (Å²) in [5.74, 6) is 1.27. The molecule has 0 atom stereocenters. The average Bonchev–Trinajstić information content (AvgIpc) is 3.06. The summed E-state index contributed by atoms with van der Waals surface area (Å²) >= 11 is 0. The highest BCUT2D eigenvalue weighted by Gasteiger charge is 2.28. The van der Waals surface area contributed by atoms with Crippen LogP contribution in [0.2, 0.25) is 0 Å². The number of rotatable bonds is 5. The molecule has 1 aromatic heterocycles. The molecule has 0 saturated heterocycles. The first-order valence-corrected chi connectivity index (χ1v) is 7.76. The molecule has 126 valence electrons. The number of hydrogen-bond acceptors (Lipinski definition) is 4. The maximum atomic E-state index is 5.62. The van der Waals surface area contributed by atoms with E-state index in [-0.39, 0.29) is 17.8 Å². The van der Waals surface area contributed by atoms with E-state index in [4.69, 9.17) is 10.3 Å². The molecule has 0 aliphatic carbocycles. The molecular formula is C19H22ClN3O. The first kappa shape index (κ1) is 18.2. The Morgan fingerprint density at radius 1 is 0.958 bits per heavy atom. The summed E-state index contributed by atoms with van der Waals surface area (Å²) < 4.78 is 5.53. The van der Waals surface area contributed by atoms with Crippen LogP contribution in [0.15, 0.2) is 59.1 Å². The quantitative estimate of drug-likeness (QED) is 0.756. The van der Waals surface area contributed by atoms with Crippen LogP contribution in [-0.2, 0) is 18.4 Å². The zero-order valence-electron chi connectivity index (χ0n) is 13.9. The number of benzene rings is 2. The Bertz CT molecular complexity index is 767. The van der Waals surface area contributed by atoms with Crippen molar-refractivity contribution in [1.29, 1.82) is 0 Å². The molecule has 0 bridgehead atoms. The summed E-state index contributed by atoms with van der Waals surface area (Å²) in [6.45, 7) is 4.77. The van der Waals surface area contributed by atoms with Gasteiger partial charge in [0.05, 0.1) is 0 Å². The zero-order chi connectivity index (χ0) is 16.3. The highest BCUT2D eigenvalue weighted by molar-refractivity contribution is 5.85. The van der Waals surface area contributed by atoms with Gasteiger partial charge in [-0.25, -0.2) is 0 Å². The van der Waals surface area contributed by atoms with E-state index in [1.165, 1.54) is 5.56 Å². The fraction of sp³-hybridized carbons (Fsp3) is 0.263. The SMILES string of the molecule is CC(C)(Cc1ccccc1)c1nc(-c2ccc(CN)cc2)no1.Cl. The highest BCUT2D eigenvalue weighted by atomic mass is 35.5. The van der Waals surface area contributed by atoms with Gasteiger partial charge in [-0.05, 0) is 17.5 Å². The molecule has 4 nitrogen and oxygen atoms in total. The maximum Gasteiger partial charge on any atom is 0.232 e. The molecule has 0 saturated carbocycles.